The van der Waals surface area contributed by atoms with E-state index in [9.17, 15) is 28.5 Å². The lowest BCUT2D eigenvalue weighted by atomic mass is 9.43. The summed E-state index contributed by atoms with van der Waals surface area (Å²) in [7, 11) is 0. The van der Waals surface area contributed by atoms with Crippen molar-refractivity contribution in [1.29, 1.82) is 0 Å². The number of alkyl halides is 3. The van der Waals surface area contributed by atoms with Gasteiger partial charge in [-0.05, 0) is 104 Å². The number of allylic oxidation sites excluding steroid dienone is 1. The first kappa shape index (κ1) is 26.5. The minimum atomic E-state index is -4.54. The second-order valence-electron chi connectivity index (χ2n) is 12.0. The molecule has 0 spiro atoms. The Kier molecular flexibility index (Phi) is 7.13. The van der Waals surface area contributed by atoms with Gasteiger partial charge in [-0.1, -0.05) is 44.7 Å². The van der Waals surface area contributed by atoms with Gasteiger partial charge in [0.2, 0.25) is 0 Å². The predicted molar refractivity (Wildman–Crippen MR) is 131 cm³/mol. The number of fused-ring (bicyclic) bond motifs is 5. The lowest BCUT2D eigenvalue weighted by molar-refractivity contribution is -0.205. The van der Waals surface area contributed by atoms with E-state index in [2.05, 4.69) is 25.6 Å². The Morgan fingerprint density at radius 1 is 1.14 bits per heavy atom. The zero-order valence-corrected chi connectivity index (χ0v) is 21.1. The maximum Gasteiger partial charge on any atom is 0.414 e. The van der Waals surface area contributed by atoms with Crippen molar-refractivity contribution in [1.82, 2.24) is 0 Å². The van der Waals surface area contributed by atoms with Crippen LogP contribution in [0.15, 0.2) is 30.9 Å². The second-order valence-corrected chi connectivity index (χ2v) is 12.0. The third kappa shape index (κ3) is 4.54. The fourth-order valence-corrected chi connectivity index (χ4v) is 8.18. The molecule has 0 radical (unpaired) electrons. The molecule has 0 saturated heterocycles. The monoisotopic (exact) mass is 494 g/mol. The van der Waals surface area contributed by atoms with E-state index in [4.69, 9.17) is 0 Å². The van der Waals surface area contributed by atoms with Gasteiger partial charge in [0.1, 0.15) is 11.9 Å². The highest BCUT2D eigenvalue weighted by Crippen LogP contribution is 2.71. The normalized spacial score (nSPS) is 37.3. The molecule has 2 saturated carbocycles. The van der Waals surface area contributed by atoms with Crippen LogP contribution in [0.25, 0.3) is 0 Å². The molecule has 0 amide bonds. The lowest BCUT2D eigenvalue weighted by Crippen LogP contribution is -2.56. The average Bonchev–Trinajstić information content (AvgIpc) is 3.03. The summed E-state index contributed by atoms with van der Waals surface area (Å²) < 4.78 is 37.7. The first-order valence-corrected chi connectivity index (χ1v) is 13.3. The van der Waals surface area contributed by atoms with Crippen LogP contribution < -0.4 is 0 Å². The van der Waals surface area contributed by atoms with Crippen LogP contribution in [-0.2, 0) is 6.42 Å². The van der Waals surface area contributed by atoms with Crippen molar-refractivity contribution >= 4 is 0 Å². The number of aliphatic hydroxyl groups is 2. The van der Waals surface area contributed by atoms with Crippen molar-refractivity contribution < 1.29 is 28.5 Å². The van der Waals surface area contributed by atoms with Crippen molar-refractivity contribution in [2.45, 2.75) is 108 Å². The molecule has 3 aliphatic rings. The molecule has 4 rings (SSSR count). The Balaban J connectivity index is 1.54. The molecule has 0 heterocycles. The van der Waals surface area contributed by atoms with Gasteiger partial charge in [0.05, 0.1) is 5.60 Å². The summed E-state index contributed by atoms with van der Waals surface area (Å²) in [6.45, 7) is 8.58. The Morgan fingerprint density at radius 2 is 1.86 bits per heavy atom. The van der Waals surface area contributed by atoms with E-state index in [1.807, 2.05) is 13.0 Å². The predicted octanol–water partition coefficient (Wildman–Crippen LogP) is 7.05. The van der Waals surface area contributed by atoms with Crippen LogP contribution in [-0.4, -0.2) is 33.2 Å². The number of benzene rings is 1. The number of aromatic hydroxyl groups is 1. The van der Waals surface area contributed by atoms with Gasteiger partial charge in [-0.15, -0.1) is 6.58 Å². The summed E-state index contributed by atoms with van der Waals surface area (Å²) in [5.74, 6) is 1.22. The van der Waals surface area contributed by atoms with E-state index in [0.29, 0.717) is 24.7 Å². The molecule has 3 N–H and O–H groups in total. The number of aryl methyl sites for hydroxylation is 1. The zero-order chi connectivity index (χ0) is 25.6. The lowest BCUT2D eigenvalue weighted by Gasteiger charge is -2.61. The fourth-order valence-electron chi connectivity index (χ4n) is 8.18. The number of aliphatic hydroxyl groups excluding tert-OH is 1. The van der Waals surface area contributed by atoms with Crippen LogP contribution in [0, 0.1) is 22.7 Å². The molecule has 35 heavy (non-hydrogen) atoms. The number of phenols is 1. The maximum atomic E-state index is 12.6. The molecule has 196 valence electrons. The van der Waals surface area contributed by atoms with Gasteiger partial charge in [0.15, 0.2) is 0 Å². The van der Waals surface area contributed by atoms with Gasteiger partial charge >= 0.3 is 6.18 Å². The Morgan fingerprint density at radius 3 is 2.54 bits per heavy atom. The van der Waals surface area contributed by atoms with Crippen molar-refractivity contribution in [2.75, 3.05) is 0 Å². The van der Waals surface area contributed by atoms with Crippen LogP contribution in [0.5, 0.6) is 5.75 Å². The molecule has 1 aromatic rings. The minimum absolute atomic E-state index is 0.112. The number of phenolic OH excluding ortho intramolecular Hbond substituents is 1. The van der Waals surface area contributed by atoms with Gasteiger partial charge in [-0.2, -0.15) is 13.2 Å². The highest BCUT2D eigenvalue weighted by Gasteiger charge is 2.66. The summed E-state index contributed by atoms with van der Waals surface area (Å²) in [6.07, 6.45) is 3.39. The SMILES string of the molecule is C=CC12CCc3cc(O)ccc3[C@H]1[C@@H](CCCCCC[C@H](O)C(F)(F)F)C[C@@]1(C)[C@H]2CC[C@]1(C)O. The Bertz CT molecular complexity index is 926. The van der Waals surface area contributed by atoms with Crippen molar-refractivity contribution in [3.05, 3.63) is 42.0 Å². The van der Waals surface area contributed by atoms with E-state index < -0.39 is 17.9 Å². The second kappa shape index (κ2) is 9.41. The molecular formula is C29H41F3O3. The number of hydrogen-bond donors (Lipinski definition) is 3. The molecule has 3 nitrogen and oxygen atoms in total. The Labute approximate surface area is 207 Å². The van der Waals surface area contributed by atoms with Crippen LogP contribution in [0.3, 0.4) is 0 Å². The summed E-state index contributed by atoms with van der Waals surface area (Å²) in [5.41, 5.74) is 1.43. The molecule has 6 heteroatoms. The highest BCUT2D eigenvalue weighted by molar-refractivity contribution is 5.43. The maximum absolute atomic E-state index is 12.6. The molecule has 3 aliphatic carbocycles. The quantitative estimate of drug-likeness (QED) is 0.268. The van der Waals surface area contributed by atoms with Crippen molar-refractivity contribution in [2.24, 2.45) is 22.7 Å². The van der Waals surface area contributed by atoms with Crippen molar-refractivity contribution in [3.8, 4) is 5.75 Å². The number of halogens is 3. The number of rotatable bonds is 8. The third-order valence-electron chi connectivity index (χ3n) is 10.2. The van der Waals surface area contributed by atoms with E-state index in [-0.39, 0.29) is 28.9 Å². The molecule has 1 unspecified atom stereocenters. The topological polar surface area (TPSA) is 60.7 Å². The third-order valence-corrected chi connectivity index (χ3v) is 10.2. The average molecular weight is 495 g/mol. The molecule has 0 bridgehead atoms. The summed E-state index contributed by atoms with van der Waals surface area (Å²) >= 11 is 0. The number of unbranched alkanes of at least 4 members (excludes halogenated alkanes) is 3. The first-order chi connectivity index (χ1) is 16.4. The molecule has 1 aromatic carbocycles. The molecule has 7 atom stereocenters. The van der Waals surface area contributed by atoms with E-state index in [1.165, 1.54) is 11.1 Å². The molecule has 0 aliphatic heterocycles. The highest BCUT2D eigenvalue weighted by atomic mass is 19.4. The Hall–Kier alpha value is -1.53. The molecule has 2 fully saturated rings. The van der Waals surface area contributed by atoms with Gasteiger partial charge in [0.25, 0.3) is 0 Å². The van der Waals surface area contributed by atoms with E-state index >= 15 is 0 Å². The largest absolute Gasteiger partial charge is 0.508 e. The fraction of sp³-hybridized carbons (Fsp3) is 0.724. The van der Waals surface area contributed by atoms with Gasteiger partial charge in [-0.25, -0.2) is 0 Å². The standard InChI is InChI=1S/C29H41F3O3/c1-4-28-16-13-19-17-21(33)11-12-22(19)25(28)20(18-26(2)23(28)14-15-27(26,3)35)9-7-5-6-8-10-24(34)29(30,31)32/h4,11-12,17,20,23-25,33-35H,1,5-10,13-16,18H2,2-3H3/t20-,23+,24-,25+,26-,27-,28?/m0/s1. The zero-order valence-electron chi connectivity index (χ0n) is 21.1. The van der Waals surface area contributed by atoms with Crippen LogP contribution in [0.1, 0.15) is 95.1 Å². The number of hydrogen-bond acceptors (Lipinski definition) is 3. The molecular weight excluding hydrogens is 453 g/mol. The van der Waals surface area contributed by atoms with Gasteiger partial charge in [-0.3, -0.25) is 0 Å². The molecule has 0 aromatic heterocycles. The van der Waals surface area contributed by atoms with Crippen LogP contribution >= 0.6 is 0 Å². The van der Waals surface area contributed by atoms with Gasteiger partial charge in [0, 0.05) is 0 Å². The summed E-state index contributed by atoms with van der Waals surface area (Å²) in [6, 6.07) is 5.75. The smallest absolute Gasteiger partial charge is 0.414 e. The van der Waals surface area contributed by atoms with Crippen LogP contribution in [0.2, 0.25) is 0 Å². The van der Waals surface area contributed by atoms with Gasteiger partial charge < -0.3 is 15.3 Å². The summed E-state index contributed by atoms with van der Waals surface area (Å²) in [5, 5.41) is 30.8. The first-order valence-electron chi connectivity index (χ1n) is 13.3. The summed E-state index contributed by atoms with van der Waals surface area (Å²) in [4.78, 5) is 0. The van der Waals surface area contributed by atoms with E-state index in [1.54, 1.807) is 6.07 Å². The minimum Gasteiger partial charge on any atom is -0.508 e. The van der Waals surface area contributed by atoms with Crippen molar-refractivity contribution in [3.63, 3.8) is 0 Å². The van der Waals surface area contributed by atoms with E-state index in [0.717, 1.165) is 51.4 Å². The van der Waals surface area contributed by atoms with Crippen LogP contribution in [0.4, 0.5) is 13.2 Å².